The van der Waals surface area contributed by atoms with Gasteiger partial charge in [-0.1, -0.05) is 0 Å². The van der Waals surface area contributed by atoms with Gasteiger partial charge >= 0.3 is 0 Å². The molecule has 11 heavy (non-hydrogen) atoms. The number of hydrogen-bond donors (Lipinski definition) is 0. The van der Waals surface area contributed by atoms with Crippen LogP contribution in [0.15, 0.2) is 21.3 Å². The van der Waals surface area contributed by atoms with Crippen LogP contribution in [0.1, 0.15) is 6.92 Å². The maximum Gasteiger partial charge on any atom is 0.290 e. The van der Waals surface area contributed by atoms with E-state index in [0.29, 0.717) is 23.8 Å². The van der Waals surface area contributed by atoms with Crippen LogP contribution in [0.4, 0.5) is 0 Å². The van der Waals surface area contributed by atoms with Crippen LogP contribution < -0.4 is 4.74 Å². The third-order valence-electron chi connectivity index (χ3n) is 1.29. The van der Waals surface area contributed by atoms with Gasteiger partial charge in [0, 0.05) is 0 Å². The van der Waals surface area contributed by atoms with Gasteiger partial charge in [0.25, 0.3) is 11.7 Å². The summed E-state index contributed by atoms with van der Waals surface area (Å²) in [7, 11) is 0. The summed E-state index contributed by atoms with van der Waals surface area (Å²) in [6, 6.07) is 1.67. The molecule has 0 amide bonds. The van der Waals surface area contributed by atoms with Gasteiger partial charge in [-0.15, -0.1) is 0 Å². The van der Waals surface area contributed by atoms with Crippen molar-refractivity contribution in [3.63, 3.8) is 0 Å². The fourth-order valence-corrected chi connectivity index (χ4v) is 0.863. The maximum absolute atomic E-state index is 5.12. The molecule has 58 valence electrons. The topological polar surface area (TPSA) is 48.4 Å². The highest BCUT2D eigenvalue weighted by Gasteiger charge is 2.06. The summed E-state index contributed by atoms with van der Waals surface area (Å²) in [5.74, 6) is 0.453. The lowest BCUT2D eigenvalue weighted by molar-refractivity contribution is 0.264. The first kappa shape index (κ1) is 6.27. The molecule has 0 bridgehead atoms. The molecule has 0 radical (unpaired) electrons. The minimum Gasteiger partial charge on any atom is -0.465 e. The highest BCUT2D eigenvalue weighted by molar-refractivity contribution is 5.67. The molecule has 0 saturated carbocycles. The van der Waals surface area contributed by atoms with E-state index in [1.54, 1.807) is 6.07 Å². The van der Waals surface area contributed by atoms with Crippen LogP contribution >= 0.6 is 0 Å². The fourth-order valence-electron chi connectivity index (χ4n) is 0.863. The Morgan fingerprint density at radius 3 is 3.27 bits per heavy atom. The number of furan rings is 1. The predicted molar refractivity (Wildman–Crippen MR) is 37.4 cm³/mol. The normalized spacial score (nSPS) is 10.6. The second-order valence-electron chi connectivity index (χ2n) is 2.02. The number of rotatable bonds is 2. The minimum atomic E-state index is 0.453. The van der Waals surface area contributed by atoms with E-state index < -0.39 is 0 Å². The predicted octanol–water partition coefficient (Wildman–Crippen LogP) is 1.82. The van der Waals surface area contributed by atoms with Crippen molar-refractivity contribution >= 4 is 11.3 Å². The van der Waals surface area contributed by atoms with E-state index in [-0.39, 0.29) is 0 Å². The van der Waals surface area contributed by atoms with E-state index in [1.807, 2.05) is 6.92 Å². The molecule has 0 N–H and O–H groups in total. The van der Waals surface area contributed by atoms with Crippen molar-refractivity contribution in [3.8, 4) is 5.95 Å². The summed E-state index contributed by atoms with van der Waals surface area (Å²) in [6.07, 6.45) is 1.34. The Morgan fingerprint density at radius 2 is 2.55 bits per heavy atom. The lowest BCUT2D eigenvalue weighted by atomic mass is 10.6. The SMILES string of the molecule is CCOc1cc2ocnc2o1. The Labute approximate surface area is 62.8 Å². The molecule has 0 aromatic carbocycles. The van der Waals surface area contributed by atoms with E-state index in [9.17, 15) is 0 Å². The molecule has 4 heteroatoms. The van der Waals surface area contributed by atoms with Crippen molar-refractivity contribution in [1.82, 2.24) is 4.98 Å². The van der Waals surface area contributed by atoms with Gasteiger partial charge in [-0.05, 0) is 6.92 Å². The summed E-state index contributed by atoms with van der Waals surface area (Å²) in [6.45, 7) is 2.47. The number of fused-ring (bicyclic) bond motifs is 1. The molecule has 2 aromatic heterocycles. The maximum atomic E-state index is 5.12. The first-order valence-electron chi connectivity index (χ1n) is 3.36. The van der Waals surface area contributed by atoms with Crippen LogP contribution in [0.2, 0.25) is 0 Å². The molecule has 0 unspecified atom stereocenters. The highest BCUT2D eigenvalue weighted by Crippen LogP contribution is 2.22. The molecule has 2 aromatic rings. The average Bonchev–Trinajstić information content (AvgIpc) is 2.46. The van der Waals surface area contributed by atoms with Crippen LogP contribution in [0.25, 0.3) is 11.3 Å². The van der Waals surface area contributed by atoms with Crippen molar-refractivity contribution in [2.24, 2.45) is 0 Å². The van der Waals surface area contributed by atoms with Gasteiger partial charge in [0.1, 0.15) is 0 Å². The molecular weight excluding hydrogens is 146 g/mol. The van der Waals surface area contributed by atoms with Gasteiger partial charge in [-0.2, -0.15) is 4.98 Å². The van der Waals surface area contributed by atoms with Gasteiger partial charge < -0.3 is 13.6 Å². The molecule has 0 aliphatic heterocycles. The Kier molecular flexibility index (Phi) is 1.31. The Bertz CT molecular complexity index is 321. The van der Waals surface area contributed by atoms with Crippen LogP contribution in [-0.4, -0.2) is 11.6 Å². The Hall–Kier alpha value is -1.45. The zero-order valence-electron chi connectivity index (χ0n) is 6.03. The Morgan fingerprint density at radius 1 is 1.64 bits per heavy atom. The van der Waals surface area contributed by atoms with Crippen LogP contribution in [0.3, 0.4) is 0 Å². The molecular formula is C7H7NO3. The number of ether oxygens (including phenoxy) is 1. The molecule has 0 spiro atoms. The summed E-state index contributed by atoms with van der Waals surface area (Å²) < 4.78 is 15.2. The third kappa shape index (κ3) is 0.960. The van der Waals surface area contributed by atoms with Gasteiger partial charge in [0.2, 0.25) is 0 Å². The minimum absolute atomic E-state index is 0.453. The van der Waals surface area contributed by atoms with Crippen molar-refractivity contribution in [1.29, 1.82) is 0 Å². The lowest BCUT2D eigenvalue weighted by Crippen LogP contribution is -1.87. The molecule has 0 saturated heterocycles. The van der Waals surface area contributed by atoms with Crippen molar-refractivity contribution in [2.75, 3.05) is 6.61 Å². The quantitative estimate of drug-likeness (QED) is 0.660. The highest BCUT2D eigenvalue weighted by atomic mass is 16.6. The fraction of sp³-hybridized carbons (Fsp3) is 0.286. The van der Waals surface area contributed by atoms with Gasteiger partial charge in [-0.3, -0.25) is 0 Å². The largest absolute Gasteiger partial charge is 0.465 e. The van der Waals surface area contributed by atoms with Gasteiger partial charge in [-0.25, -0.2) is 0 Å². The lowest BCUT2D eigenvalue weighted by Gasteiger charge is -1.92. The molecule has 2 rings (SSSR count). The van der Waals surface area contributed by atoms with E-state index in [0.717, 1.165) is 0 Å². The smallest absolute Gasteiger partial charge is 0.290 e. The second kappa shape index (κ2) is 2.30. The zero-order valence-corrected chi connectivity index (χ0v) is 6.03. The average molecular weight is 153 g/mol. The number of nitrogens with zero attached hydrogens (tertiary/aromatic N) is 1. The van der Waals surface area contributed by atoms with Crippen molar-refractivity contribution in [2.45, 2.75) is 6.92 Å². The summed E-state index contributed by atoms with van der Waals surface area (Å²) in [5.41, 5.74) is 1.10. The van der Waals surface area contributed by atoms with Crippen LogP contribution in [0.5, 0.6) is 5.95 Å². The molecule has 0 atom stereocenters. The standard InChI is InChI=1S/C7H7NO3/c1-2-9-6-3-5-7(11-6)8-4-10-5/h3-4H,2H2,1H3. The van der Waals surface area contributed by atoms with E-state index in [4.69, 9.17) is 13.6 Å². The van der Waals surface area contributed by atoms with E-state index in [1.165, 1.54) is 6.39 Å². The molecule has 2 heterocycles. The summed E-state index contributed by atoms with van der Waals surface area (Å²) in [5, 5.41) is 0. The van der Waals surface area contributed by atoms with Gasteiger partial charge in [0.15, 0.2) is 12.0 Å². The third-order valence-corrected chi connectivity index (χ3v) is 1.29. The van der Waals surface area contributed by atoms with Gasteiger partial charge in [0.05, 0.1) is 12.7 Å². The van der Waals surface area contributed by atoms with Crippen LogP contribution in [0, 0.1) is 0 Å². The first-order chi connectivity index (χ1) is 5.40. The number of oxazole rings is 1. The summed E-state index contributed by atoms with van der Waals surface area (Å²) in [4.78, 5) is 3.81. The second-order valence-corrected chi connectivity index (χ2v) is 2.02. The molecule has 0 fully saturated rings. The monoisotopic (exact) mass is 153 g/mol. The number of aromatic nitrogens is 1. The molecule has 0 aliphatic rings. The Balaban J connectivity index is 2.42. The van der Waals surface area contributed by atoms with Crippen LogP contribution in [-0.2, 0) is 0 Å². The summed E-state index contributed by atoms with van der Waals surface area (Å²) >= 11 is 0. The van der Waals surface area contributed by atoms with E-state index >= 15 is 0 Å². The zero-order chi connectivity index (χ0) is 7.68. The molecule has 4 nitrogen and oxygen atoms in total. The van der Waals surface area contributed by atoms with Crippen molar-refractivity contribution < 1.29 is 13.6 Å². The van der Waals surface area contributed by atoms with Crippen molar-refractivity contribution in [3.05, 3.63) is 12.5 Å². The molecule has 0 aliphatic carbocycles. The van der Waals surface area contributed by atoms with E-state index in [2.05, 4.69) is 4.98 Å². The number of hydrogen-bond acceptors (Lipinski definition) is 4. The first-order valence-corrected chi connectivity index (χ1v) is 3.36.